The fraction of sp³-hybridized carbons (Fsp3) is 0. The van der Waals surface area contributed by atoms with Gasteiger partial charge in [0.2, 0.25) is 11.6 Å². The van der Waals surface area contributed by atoms with Crippen LogP contribution in [0.3, 0.4) is 0 Å². The fourth-order valence-electron chi connectivity index (χ4n) is 4.59. The Morgan fingerprint density at radius 2 is 1.29 bits per heavy atom. The number of aromatic nitrogens is 4. The van der Waals surface area contributed by atoms with Crippen LogP contribution in [0.5, 0.6) is 0 Å². The quantitative estimate of drug-likeness (QED) is 0.205. The van der Waals surface area contributed by atoms with Gasteiger partial charge >= 0.3 is 0 Å². The molecular formula is C33H20ClN5O2. The highest BCUT2D eigenvalue weighted by Crippen LogP contribution is 2.31. The molecule has 0 radical (unpaired) electrons. The van der Waals surface area contributed by atoms with Crippen molar-refractivity contribution in [3.8, 4) is 28.7 Å². The maximum Gasteiger partial charge on any atom is 0.218 e. The molecule has 0 N–H and O–H groups in total. The minimum Gasteiger partial charge on any atom is -0.287 e. The number of benzene rings is 4. The molecule has 196 valence electrons. The van der Waals surface area contributed by atoms with E-state index in [2.05, 4.69) is 16.3 Å². The van der Waals surface area contributed by atoms with E-state index in [9.17, 15) is 14.9 Å². The van der Waals surface area contributed by atoms with E-state index in [0.717, 1.165) is 5.56 Å². The first-order valence-electron chi connectivity index (χ1n) is 12.7. The Bertz CT molecular complexity index is 1920. The van der Waals surface area contributed by atoms with Crippen molar-refractivity contribution in [2.24, 2.45) is 0 Å². The summed E-state index contributed by atoms with van der Waals surface area (Å²) in [6.07, 6.45) is 1.49. The van der Waals surface area contributed by atoms with Crippen molar-refractivity contribution in [3.05, 3.63) is 155 Å². The number of nitriles is 1. The van der Waals surface area contributed by atoms with Gasteiger partial charge in [-0.1, -0.05) is 90.5 Å². The molecule has 0 aliphatic heterocycles. The van der Waals surface area contributed by atoms with Crippen LogP contribution in [0.1, 0.15) is 37.7 Å². The zero-order valence-corrected chi connectivity index (χ0v) is 22.2. The zero-order valence-electron chi connectivity index (χ0n) is 21.5. The molecule has 8 heteroatoms. The molecule has 0 aliphatic carbocycles. The Morgan fingerprint density at radius 3 is 1.93 bits per heavy atom. The van der Waals surface area contributed by atoms with Crippen LogP contribution in [-0.4, -0.2) is 31.1 Å². The van der Waals surface area contributed by atoms with Crippen molar-refractivity contribution in [1.82, 2.24) is 19.6 Å². The van der Waals surface area contributed by atoms with Crippen molar-refractivity contribution in [2.45, 2.75) is 0 Å². The van der Waals surface area contributed by atoms with E-state index in [1.807, 2.05) is 60.7 Å². The molecule has 0 atom stereocenters. The van der Waals surface area contributed by atoms with Gasteiger partial charge in [-0.15, -0.1) is 0 Å². The van der Waals surface area contributed by atoms with E-state index in [4.69, 9.17) is 11.6 Å². The van der Waals surface area contributed by atoms with Gasteiger partial charge in [0, 0.05) is 22.3 Å². The van der Waals surface area contributed by atoms with Crippen molar-refractivity contribution in [3.63, 3.8) is 0 Å². The summed E-state index contributed by atoms with van der Waals surface area (Å²) in [5, 5.41) is 20.0. The fourth-order valence-corrected chi connectivity index (χ4v) is 4.72. The Balaban J connectivity index is 1.56. The molecule has 0 saturated carbocycles. The van der Waals surface area contributed by atoms with Crippen LogP contribution in [-0.2, 0) is 0 Å². The average Bonchev–Trinajstić information content (AvgIpc) is 3.65. The molecule has 0 fully saturated rings. The molecule has 4 aromatic carbocycles. The predicted molar refractivity (Wildman–Crippen MR) is 156 cm³/mol. The molecule has 2 heterocycles. The lowest BCUT2D eigenvalue weighted by Crippen LogP contribution is -2.12. The van der Waals surface area contributed by atoms with Crippen LogP contribution in [0.15, 0.2) is 121 Å². The van der Waals surface area contributed by atoms with Gasteiger partial charge in [0.25, 0.3) is 0 Å². The van der Waals surface area contributed by atoms with E-state index < -0.39 is 11.6 Å². The highest BCUT2D eigenvalue weighted by Gasteiger charge is 2.31. The Morgan fingerprint density at radius 1 is 0.683 bits per heavy atom. The molecular weight excluding hydrogens is 534 g/mol. The molecule has 0 amide bonds. The maximum atomic E-state index is 14.3. The minimum absolute atomic E-state index is 0.0302. The molecule has 2 aromatic heterocycles. The van der Waals surface area contributed by atoms with Gasteiger partial charge in [0.1, 0.15) is 17.3 Å². The highest BCUT2D eigenvalue weighted by atomic mass is 35.5. The Hall–Kier alpha value is -5.58. The van der Waals surface area contributed by atoms with E-state index in [1.54, 1.807) is 59.3 Å². The summed E-state index contributed by atoms with van der Waals surface area (Å²) >= 11 is 6.07. The van der Waals surface area contributed by atoms with Crippen LogP contribution in [0.4, 0.5) is 0 Å². The molecule has 0 unspecified atom stereocenters. The largest absolute Gasteiger partial charge is 0.287 e. The lowest BCUT2D eigenvalue weighted by atomic mass is 9.99. The number of halogens is 1. The third-order valence-corrected chi connectivity index (χ3v) is 6.81. The first kappa shape index (κ1) is 25.7. The van der Waals surface area contributed by atoms with Gasteiger partial charge in [-0.25, -0.2) is 9.36 Å². The van der Waals surface area contributed by atoms with Crippen LogP contribution >= 0.6 is 11.6 Å². The average molecular weight is 554 g/mol. The summed E-state index contributed by atoms with van der Waals surface area (Å²) < 4.78 is 3.04. The van der Waals surface area contributed by atoms with E-state index >= 15 is 0 Å². The monoisotopic (exact) mass is 553 g/mol. The summed E-state index contributed by atoms with van der Waals surface area (Å²) in [6, 6.07) is 36.2. The first-order valence-corrected chi connectivity index (χ1v) is 13.1. The molecule has 6 aromatic rings. The second-order valence-corrected chi connectivity index (χ2v) is 9.57. The summed E-state index contributed by atoms with van der Waals surface area (Å²) in [5.74, 6) is -1.01. The number of nitrogens with zero attached hydrogens (tertiary/aromatic N) is 5. The summed E-state index contributed by atoms with van der Waals surface area (Å²) in [6.45, 7) is 0. The third-order valence-electron chi connectivity index (χ3n) is 6.56. The molecule has 6 rings (SSSR count). The highest BCUT2D eigenvalue weighted by molar-refractivity contribution is 6.30. The molecule has 0 aliphatic rings. The molecule has 0 bridgehead atoms. The summed E-state index contributed by atoms with van der Waals surface area (Å²) in [5.41, 5.74) is 2.87. The predicted octanol–water partition coefficient (Wildman–Crippen LogP) is 6.71. The third kappa shape index (κ3) is 4.84. The Labute approximate surface area is 240 Å². The van der Waals surface area contributed by atoms with Gasteiger partial charge in [0.05, 0.1) is 22.6 Å². The van der Waals surface area contributed by atoms with E-state index in [1.165, 1.54) is 10.9 Å². The number of hydrogen-bond donors (Lipinski definition) is 0. The minimum atomic E-state index is -0.590. The number of para-hydroxylation sites is 1. The van der Waals surface area contributed by atoms with Crippen molar-refractivity contribution in [2.75, 3.05) is 0 Å². The second-order valence-electron chi connectivity index (χ2n) is 9.13. The molecule has 0 spiro atoms. The first-order chi connectivity index (χ1) is 20.0. The van der Waals surface area contributed by atoms with Crippen LogP contribution < -0.4 is 0 Å². The number of carbonyl (C=O) groups excluding carboxylic acids is 2. The van der Waals surface area contributed by atoms with Gasteiger partial charge in [-0.3, -0.25) is 9.59 Å². The van der Waals surface area contributed by atoms with Crippen molar-refractivity contribution in [1.29, 1.82) is 5.26 Å². The lowest BCUT2D eigenvalue weighted by Gasteiger charge is -2.07. The van der Waals surface area contributed by atoms with E-state index in [-0.39, 0.29) is 22.5 Å². The normalized spacial score (nSPS) is 10.7. The Kier molecular flexibility index (Phi) is 6.82. The number of rotatable bonds is 7. The zero-order chi connectivity index (χ0) is 28.3. The lowest BCUT2D eigenvalue weighted by molar-refractivity contribution is 0.0998. The van der Waals surface area contributed by atoms with Crippen molar-refractivity contribution < 1.29 is 9.59 Å². The van der Waals surface area contributed by atoms with Crippen LogP contribution in [0, 0.1) is 11.3 Å². The maximum absolute atomic E-state index is 14.3. The van der Waals surface area contributed by atoms with E-state index in [0.29, 0.717) is 27.7 Å². The topological polar surface area (TPSA) is 93.6 Å². The summed E-state index contributed by atoms with van der Waals surface area (Å²) in [4.78, 5) is 27.9. The van der Waals surface area contributed by atoms with Crippen LogP contribution in [0.2, 0.25) is 5.02 Å². The van der Waals surface area contributed by atoms with Gasteiger partial charge < -0.3 is 0 Å². The van der Waals surface area contributed by atoms with Gasteiger partial charge in [0.15, 0.2) is 5.69 Å². The molecule has 41 heavy (non-hydrogen) atoms. The van der Waals surface area contributed by atoms with Crippen LogP contribution in [0.25, 0.3) is 22.6 Å². The van der Waals surface area contributed by atoms with Gasteiger partial charge in [-0.05, 0) is 36.4 Å². The number of hydrogen-bond acceptors (Lipinski definition) is 5. The SMILES string of the molecule is N#Cc1c(C(=O)c2cn(-c3ccc(Cl)cc3)nc2C(=O)c2ccccc2)nn(-c2ccccc2)c1-c1ccccc1. The number of ketones is 2. The summed E-state index contributed by atoms with van der Waals surface area (Å²) in [7, 11) is 0. The van der Waals surface area contributed by atoms with Crippen molar-refractivity contribution >= 4 is 23.2 Å². The number of carbonyl (C=O) groups is 2. The second kappa shape index (κ2) is 10.9. The smallest absolute Gasteiger partial charge is 0.218 e. The standard InChI is InChI=1S/C33H20ClN5O2/c34-24-16-18-25(19-17-24)38-21-28(30(36-38)32(40)23-12-6-2-7-13-23)33(41)29-27(20-35)31(22-10-4-1-5-11-22)39(37-29)26-14-8-3-9-15-26/h1-19,21H. The molecule has 7 nitrogen and oxygen atoms in total. The molecule has 0 saturated heterocycles. The van der Waals surface area contributed by atoms with Gasteiger partial charge in [-0.2, -0.15) is 15.5 Å².